The van der Waals surface area contributed by atoms with Crippen LogP contribution in [0.3, 0.4) is 0 Å². The molecule has 10 heteroatoms. The number of alkyl carbamates (subject to hydrolysis) is 2. The van der Waals surface area contributed by atoms with E-state index in [1.807, 2.05) is 52.0 Å². The predicted molar refractivity (Wildman–Crippen MR) is 144 cm³/mol. The van der Waals surface area contributed by atoms with Crippen molar-refractivity contribution in [2.45, 2.75) is 111 Å². The molecule has 0 aromatic heterocycles. The van der Waals surface area contributed by atoms with E-state index in [4.69, 9.17) is 23.5 Å². The third-order valence-electron chi connectivity index (χ3n) is 6.00. The van der Waals surface area contributed by atoms with Gasteiger partial charge < -0.3 is 34.2 Å². The van der Waals surface area contributed by atoms with Crippen molar-refractivity contribution in [1.82, 2.24) is 10.6 Å². The van der Waals surface area contributed by atoms with E-state index in [1.54, 1.807) is 41.5 Å². The summed E-state index contributed by atoms with van der Waals surface area (Å²) in [5.41, 5.74) is -0.0838. The smallest absolute Gasteiger partial charge is 0.444 e. The molecule has 0 spiro atoms. The van der Waals surface area contributed by atoms with Crippen LogP contribution in [0, 0.1) is 0 Å². The Hall–Kier alpha value is -2.30. The fourth-order valence-corrected chi connectivity index (χ4v) is 3.37. The van der Waals surface area contributed by atoms with Gasteiger partial charge in [0, 0.05) is 13.1 Å². The Morgan fingerprint density at radius 1 is 0.865 bits per heavy atom. The van der Waals surface area contributed by atoms with Crippen molar-refractivity contribution in [2.24, 2.45) is 0 Å². The fraction of sp³-hybridized carbons (Fsp3) is 0.704. The Morgan fingerprint density at radius 2 is 1.35 bits per heavy atom. The number of amides is 2. The van der Waals surface area contributed by atoms with Gasteiger partial charge in [0.2, 0.25) is 0 Å². The van der Waals surface area contributed by atoms with Gasteiger partial charge >= 0.3 is 19.3 Å². The molecule has 1 aromatic carbocycles. The molecule has 0 saturated carbocycles. The van der Waals surface area contributed by atoms with Gasteiger partial charge in [-0.25, -0.2) is 9.59 Å². The average Bonchev–Trinajstić information content (AvgIpc) is 2.94. The van der Waals surface area contributed by atoms with E-state index in [-0.39, 0.29) is 12.6 Å². The van der Waals surface area contributed by atoms with Crippen molar-refractivity contribution >= 4 is 24.8 Å². The molecule has 37 heavy (non-hydrogen) atoms. The minimum Gasteiger partial charge on any atom is -0.444 e. The Kier molecular flexibility index (Phi) is 10.1. The molecule has 1 fully saturated rings. The molecule has 9 nitrogen and oxygen atoms in total. The van der Waals surface area contributed by atoms with Crippen molar-refractivity contribution in [2.75, 3.05) is 13.1 Å². The van der Waals surface area contributed by atoms with Crippen LogP contribution in [0.2, 0.25) is 0 Å². The van der Waals surface area contributed by atoms with Gasteiger partial charge in [0.15, 0.2) is 0 Å². The van der Waals surface area contributed by atoms with Crippen molar-refractivity contribution in [1.29, 1.82) is 0 Å². The number of hydrogen-bond donors (Lipinski definition) is 2. The summed E-state index contributed by atoms with van der Waals surface area (Å²) < 4.78 is 28.9. The van der Waals surface area contributed by atoms with Crippen LogP contribution in [-0.4, -0.2) is 60.9 Å². The first kappa shape index (κ1) is 30.9. The van der Waals surface area contributed by atoms with Gasteiger partial charge in [0.1, 0.15) is 11.2 Å². The quantitative estimate of drug-likeness (QED) is 0.468. The summed E-state index contributed by atoms with van der Waals surface area (Å²) in [6.07, 6.45) is -0.899. The highest BCUT2D eigenvalue weighted by molar-refractivity contribution is 6.62. The normalized spacial score (nSPS) is 17.7. The lowest BCUT2D eigenvalue weighted by atomic mass is 9.79. The van der Waals surface area contributed by atoms with Gasteiger partial charge in [-0.05, 0) is 86.7 Å². The zero-order valence-corrected chi connectivity index (χ0v) is 24.2. The van der Waals surface area contributed by atoms with Crippen LogP contribution in [0.4, 0.5) is 9.59 Å². The third-order valence-corrected chi connectivity index (χ3v) is 6.00. The molecular formula is C27H45BN2O7. The Bertz CT molecular complexity index is 889. The summed E-state index contributed by atoms with van der Waals surface area (Å²) in [5.74, 6) is 0. The van der Waals surface area contributed by atoms with Crippen LogP contribution in [0.5, 0.6) is 0 Å². The number of ether oxygens (including phenoxy) is 3. The van der Waals surface area contributed by atoms with Gasteiger partial charge in [0.05, 0.1) is 23.9 Å². The third kappa shape index (κ3) is 10.5. The first-order valence-corrected chi connectivity index (χ1v) is 12.9. The Morgan fingerprint density at radius 3 is 1.84 bits per heavy atom. The van der Waals surface area contributed by atoms with Crippen LogP contribution in [0.25, 0.3) is 0 Å². The second-order valence-electron chi connectivity index (χ2n) is 12.4. The van der Waals surface area contributed by atoms with Crippen LogP contribution in [0.15, 0.2) is 24.3 Å². The van der Waals surface area contributed by atoms with Gasteiger partial charge in [0.25, 0.3) is 0 Å². The lowest BCUT2D eigenvalue weighted by molar-refractivity contribution is 0.00578. The minimum atomic E-state index is -0.600. The topological polar surface area (TPSA) is 104 Å². The average molecular weight is 520 g/mol. The fourth-order valence-electron chi connectivity index (χ4n) is 3.37. The number of benzene rings is 1. The van der Waals surface area contributed by atoms with Gasteiger partial charge in [-0.3, -0.25) is 0 Å². The molecule has 1 heterocycles. The summed E-state index contributed by atoms with van der Waals surface area (Å²) >= 11 is 0. The predicted octanol–water partition coefficient (Wildman–Crippen LogP) is 4.31. The van der Waals surface area contributed by atoms with E-state index in [1.165, 1.54) is 0 Å². The van der Waals surface area contributed by atoms with Gasteiger partial charge in [-0.1, -0.05) is 24.3 Å². The Labute approximate surface area is 222 Å². The molecule has 2 N–H and O–H groups in total. The van der Waals surface area contributed by atoms with E-state index >= 15 is 0 Å². The summed E-state index contributed by atoms with van der Waals surface area (Å²) in [5, 5.41) is 5.48. The number of nitrogens with one attached hydrogen (secondary N) is 2. The molecule has 0 bridgehead atoms. The zero-order chi connectivity index (χ0) is 28.1. The molecule has 2 rings (SSSR count). The van der Waals surface area contributed by atoms with Crippen molar-refractivity contribution in [3.05, 3.63) is 29.8 Å². The maximum absolute atomic E-state index is 12.1. The van der Waals surface area contributed by atoms with E-state index in [0.29, 0.717) is 19.6 Å². The molecule has 0 aliphatic carbocycles. The highest BCUT2D eigenvalue weighted by Crippen LogP contribution is 2.36. The lowest BCUT2D eigenvalue weighted by Crippen LogP contribution is -2.41. The molecule has 2 amide bonds. The van der Waals surface area contributed by atoms with Crippen LogP contribution in [0.1, 0.15) is 81.2 Å². The number of carbonyl (C=O) groups is 2. The molecule has 0 unspecified atom stereocenters. The Balaban J connectivity index is 1.94. The standard InChI is InChI=1S/C27H45BN2O7/c1-24(2,3)34-22(31)29-16-15-21(17-30-23(32)35-25(4,5)6)33-18-19-11-13-20(14-12-19)28-36-26(7,8)27(9,10)37-28/h11-14,21H,15-18H2,1-10H3,(H,29,31)(H,30,32)/t21-/m1/s1. The second kappa shape index (κ2) is 12.0. The van der Waals surface area contributed by atoms with Crippen LogP contribution < -0.4 is 16.1 Å². The van der Waals surface area contributed by atoms with Gasteiger partial charge in [-0.15, -0.1) is 0 Å². The van der Waals surface area contributed by atoms with Crippen molar-refractivity contribution in [3.8, 4) is 0 Å². The van der Waals surface area contributed by atoms with E-state index < -0.39 is 41.7 Å². The van der Waals surface area contributed by atoms with Crippen molar-refractivity contribution < 1.29 is 33.1 Å². The minimum absolute atomic E-state index is 0.233. The first-order valence-electron chi connectivity index (χ1n) is 12.9. The van der Waals surface area contributed by atoms with Gasteiger partial charge in [-0.2, -0.15) is 0 Å². The molecule has 208 valence electrons. The second-order valence-corrected chi connectivity index (χ2v) is 12.4. The zero-order valence-electron chi connectivity index (χ0n) is 24.2. The largest absolute Gasteiger partial charge is 0.494 e. The SMILES string of the molecule is CC(C)(C)OC(=O)NCC[C@H](CNC(=O)OC(C)(C)C)OCc1ccc(B2OC(C)(C)C(C)(C)O2)cc1. The summed E-state index contributed by atoms with van der Waals surface area (Å²) in [4.78, 5) is 24.1. The molecule has 1 aromatic rings. The van der Waals surface area contributed by atoms with E-state index in [9.17, 15) is 9.59 Å². The highest BCUT2D eigenvalue weighted by Gasteiger charge is 2.51. The monoisotopic (exact) mass is 520 g/mol. The maximum Gasteiger partial charge on any atom is 0.494 e. The highest BCUT2D eigenvalue weighted by atomic mass is 16.7. The van der Waals surface area contributed by atoms with Crippen LogP contribution in [-0.2, 0) is 30.1 Å². The summed E-state index contributed by atoms with van der Waals surface area (Å²) in [7, 11) is -0.426. The maximum atomic E-state index is 12.1. The summed E-state index contributed by atoms with van der Waals surface area (Å²) in [6.45, 7) is 19.8. The van der Waals surface area contributed by atoms with Crippen LogP contribution >= 0.6 is 0 Å². The number of carbonyl (C=O) groups excluding carboxylic acids is 2. The van der Waals surface area contributed by atoms with E-state index in [0.717, 1.165) is 11.0 Å². The molecular weight excluding hydrogens is 475 g/mol. The molecule has 1 aliphatic heterocycles. The number of rotatable bonds is 9. The molecule has 0 radical (unpaired) electrons. The molecule has 1 saturated heterocycles. The van der Waals surface area contributed by atoms with E-state index in [2.05, 4.69) is 10.6 Å². The summed E-state index contributed by atoms with van der Waals surface area (Å²) in [6, 6.07) is 7.88. The molecule has 1 aliphatic rings. The van der Waals surface area contributed by atoms with Crippen molar-refractivity contribution in [3.63, 3.8) is 0 Å². The lowest BCUT2D eigenvalue weighted by Gasteiger charge is -2.32. The number of hydrogen-bond acceptors (Lipinski definition) is 7. The first-order chi connectivity index (χ1) is 16.9. The molecule has 1 atom stereocenters.